The Morgan fingerprint density at radius 1 is 1.44 bits per heavy atom. The van der Waals surface area contributed by atoms with E-state index in [9.17, 15) is 9.59 Å². The molecule has 18 heavy (non-hydrogen) atoms. The molecule has 4 nitrogen and oxygen atoms in total. The van der Waals surface area contributed by atoms with Crippen molar-refractivity contribution >= 4 is 51.7 Å². The van der Waals surface area contributed by atoms with Gasteiger partial charge in [0.25, 0.3) is 0 Å². The normalized spacial score (nSPS) is 20.6. The Balaban J connectivity index is 2.36. The number of hydrogen-bond acceptors (Lipinski definition) is 2. The van der Waals surface area contributed by atoms with Crippen LogP contribution in [-0.2, 0) is 9.59 Å². The summed E-state index contributed by atoms with van der Waals surface area (Å²) in [5, 5.41) is 3.17. The molecule has 6 heteroatoms. The number of halogens is 2. The standard InChI is InChI=1S/C12H12ClIN2O2/c1-7-12(18)16(5-4-11(17)15-7)10-3-2-8(14)6-9(10)13/h2-3,6-7H,4-5H2,1H3,(H,15,17). The zero-order valence-corrected chi connectivity index (χ0v) is 12.7. The van der Waals surface area contributed by atoms with Crippen molar-refractivity contribution in [3.05, 3.63) is 26.8 Å². The first-order valence-corrected chi connectivity index (χ1v) is 7.00. The van der Waals surface area contributed by atoms with E-state index in [-0.39, 0.29) is 11.8 Å². The van der Waals surface area contributed by atoms with Crippen LogP contribution in [0.2, 0.25) is 5.02 Å². The summed E-state index contributed by atoms with van der Waals surface area (Å²) in [6.07, 6.45) is 0.290. The van der Waals surface area contributed by atoms with E-state index in [1.54, 1.807) is 17.9 Å². The maximum Gasteiger partial charge on any atom is 0.249 e. The first kappa shape index (κ1) is 13.6. The molecule has 1 atom stereocenters. The zero-order chi connectivity index (χ0) is 13.3. The molecule has 1 aromatic carbocycles. The number of carbonyl (C=O) groups excluding carboxylic acids is 2. The van der Waals surface area contributed by atoms with Crippen LogP contribution >= 0.6 is 34.2 Å². The quantitative estimate of drug-likeness (QED) is 0.762. The molecule has 0 aromatic heterocycles. The predicted octanol–water partition coefficient (Wildman–Crippen LogP) is 2.19. The lowest BCUT2D eigenvalue weighted by atomic mass is 10.2. The van der Waals surface area contributed by atoms with Gasteiger partial charge in [0.2, 0.25) is 11.8 Å². The molecule has 2 rings (SSSR count). The maximum absolute atomic E-state index is 12.2. The molecule has 2 amide bonds. The fraction of sp³-hybridized carbons (Fsp3) is 0.333. The van der Waals surface area contributed by atoms with E-state index < -0.39 is 6.04 Å². The van der Waals surface area contributed by atoms with Crippen LogP contribution in [0.3, 0.4) is 0 Å². The van der Waals surface area contributed by atoms with Crippen LogP contribution in [0.1, 0.15) is 13.3 Å². The van der Waals surface area contributed by atoms with Gasteiger partial charge in [0.15, 0.2) is 0 Å². The summed E-state index contributed by atoms with van der Waals surface area (Å²) in [4.78, 5) is 25.2. The molecule has 1 aromatic rings. The Kier molecular flexibility index (Phi) is 4.11. The van der Waals surface area contributed by atoms with Crippen molar-refractivity contribution in [2.75, 3.05) is 11.4 Å². The molecule has 0 spiro atoms. The molecular weight excluding hydrogens is 367 g/mol. The highest BCUT2D eigenvalue weighted by atomic mass is 127. The second kappa shape index (κ2) is 5.44. The molecule has 1 aliphatic rings. The first-order chi connectivity index (χ1) is 8.49. The Bertz CT molecular complexity index is 507. The SMILES string of the molecule is CC1NC(=O)CCN(c2ccc(I)cc2Cl)C1=O. The third-order valence-corrected chi connectivity index (χ3v) is 3.75. The minimum Gasteiger partial charge on any atom is -0.345 e. The maximum atomic E-state index is 12.2. The zero-order valence-electron chi connectivity index (χ0n) is 9.74. The Hall–Kier alpha value is -0.820. The topological polar surface area (TPSA) is 49.4 Å². The summed E-state index contributed by atoms with van der Waals surface area (Å²) in [7, 11) is 0. The number of amides is 2. The lowest BCUT2D eigenvalue weighted by Crippen LogP contribution is -2.42. The van der Waals surface area contributed by atoms with Gasteiger partial charge in [-0.15, -0.1) is 0 Å². The Morgan fingerprint density at radius 3 is 2.83 bits per heavy atom. The number of anilines is 1. The minimum absolute atomic E-state index is 0.111. The predicted molar refractivity (Wildman–Crippen MR) is 78.7 cm³/mol. The highest BCUT2D eigenvalue weighted by Gasteiger charge is 2.28. The van der Waals surface area contributed by atoms with Crippen LogP contribution in [0.15, 0.2) is 18.2 Å². The molecule has 0 saturated carbocycles. The van der Waals surface area contributed by atoms with Crippen molar-refractivity contribution in [2.45, 2.75) is 19.4 Å². The van der Waals surface area contributed by atoms with Crippen LogP contribution in [-0.4, -0.2) is 24.4 Å². The van der Waals surface area contributed by atoms with Gasteiger partial charge in [0.05, 0.1) is 10.7 Å². The largest absolute Gasteiger partial charge is 0.345 e. The fourth-order valence-electron chi connectivity index (χ4n) is 1.87. The number of benzene rings is 1. The third kappa shape index (κ3) is 2.77. The number of carbonyl (C=O) groups is 2. The summed E-state index contributed by atoms with van der Waals surface area (Å²) in [5.74, 6) is -0.246. The van der Waals surface area contributed by atoms with Crippen molar-refractivity contribution in [2.24, 2.45) is 0 Å². The summed E-state index contributed by atoms with van der Waals surface area (Å²) < 4.78 is 1.01. The highest BCUT2D eigenvalue weighted by Crippen LogP contribution is 2.28. The van der Waals surface area contributed by atoms with Crippen molar-refractivity contribution in [3.8, 4) is 0 Å². The van der Waals surface area contributed by atoms with E-state index >= 15 is 0 Å². The second-order valence-corrected chi connectivity index (χ2v) is 5.78. The smallest absolute Gasteiger partial charge is 0.249 e. The molecule has 1 N–H and O–H groups in total. The molecule has 0 aliphatic carbocycles. The lowest BCUT2D eigenvalue weighted by Gasteiger charge is -2.23. The minimum atomic E-state index is -0.518. The van der Waals surface area contributed by atoms with Gasteiger partial charge in [-0.05, 0) is 47.7 Å². The fourth-order valence-corrected chi connectivity index (χ4v) is 2.83. The monoisotopic (exact) mass is 378 g/mol. The molecule has 0 bridgehead atoms. The van der Waals surface area contributed by atoms with Crippen LogP contribution < -0.4 is 10.2 Å². The van der Waals surface area contributed by atoms with Crippen LogP contribution in [0.5, 0.6) is 0 Å². The number of rotatable bonds is 1. The average molecular weight is 379 g/mol. The van der Waals surface area contributed by atoms with Gasteiger partial charge in [-0.3, -0.25) is 9.59 Å². The van der Waals surface area contributed by atoms with E-state index in [4.69, 9.17) is 11.6 Å². The summed E-state index contributed by atoms with van der Waals surface area (Å²) in [6, 6.07) is 4.98. The van der Waals surface area contributed by atoms with Gasteiger partial charge < -0.3 is 10.2 Å². The number of nitrogens with one attached hydrogen (secondary N) is 1. The summed E-state index contributed by atoms with van der Waals surface area (Å²) >= 11 is 8.32. The average Bonchev–Trinajstić information content (AvgIpc) is 2.41. The van der Waals surface area contributed by atoms with Crippen LogP contribution in [0, 0.1) is 3.57 Å². The van der Waals surface area contributed by atoms with E-state index in [0.29, 0.717) is 23.7 Å². The van der Waals surface area contributed by atoms with Crippen LogP contribution in [0.4, 0.5) is 5.69 Å². The molecule has 1 unspecified atom stereocenters. The summed E-state index contributed by atoms with van der Waals surface area (Å²) in [6.45, 7) is 2.04. The van der Waals surface area contributed by atoms with Crippen molar-refractivity contribution in [1.82, 2.24) is 5.32 Å². The van der Waals surface area contributed by atoms with Gasteiger partial charge in [0.1, 0.15) is 6.04 Å². The van der Waals surface area contributed by atoms with Crippen molar-refractivity contribution in [3.63, 3.8) is 0 Å². The number of hydrogen-bond donors (Lipinski definition) is 1. The van der Waals surface area contributed by atoms with Crippen LogP contribution in [0.25, 0.3) is 0 Å². The third-order valence-electron chi connectivity index (χ3n) is 2.78. The van der Waals surface area contributed by atoms with Gasteiger partial charge in [-0.25, -0.2) is 0 Å². The Labute approximate surface area is 124 Å². The lowest BCUT2D eigenvalue weighted by molar-refractivity contribution is -0.125. The van der Waals surface area contributed by atoms with Crippen molar-refractivity contribution < 1.29 is 9.59 Å². The van der Waals surface area contributed by atoms with Gasteiger partial charge in [-0.1, -0.05) is 11.6 Å². The molecular formula is C12H12ClIN2O2. The molecule has 0 radical (unpaired) electrons. The molecule has 1 heterocycles. The molecule has 96 valence electrons. The Morgan fingerprint density at radius 2 is 2.17 bits per heavy atom. The first-order valence-electron chi connectivity index (χ1n) is 5.55. The second-order valence-electron chi connectivity index (χ2n) is 4.12. The van der Waals surface area contributed by atoms with E-state index in [1.807, 2.05) is 12.1 Å². The highest BCUT2D eigenvalue weighted by molar-refractivity contribution is 14.1. The van der Waals surface area contributed by atoms with Gasteiger partial charge in [-0.2, -0.15) is 0 Å². The van der Waals surface area contributed by atoms with E-state index in [0.717, 1.165) is 3.57 Å². The van der Waals surface area contributed by atoms with E-state index in [1.165, 1.54) is 0 Å². The van der Waals surface area contributed by atoms with E-state index in [2.05, 4.69) is 27.9 Å². The summed E-state index contributed by atoms with van der Waals surface area (Å²) in [5.41, 5.74) is 0.658. The molecule has 1 fully saturated rings. The van der Waals surface area contributed by atoms with Gasteiger partial charge in [0, 0.05) is 16.5 Å². The molecule has 1 saturated heterocycles. The van der Waals surface area contributed by atoms with Gasteiger partial charge >= 0.3 is 0 Å². The molecule has 1 aliphatic heterocycles. The van der Waals surface area contributed by atoms with Crippen molar-refractivity contribution in [1.29, 1.82) is 0 Å². The number of nitrogens with zero attached hydrogens (tertiary/aromatic N) is 1.